The van der Waals surface area contributed by atoms with E-state index in [-0.39, 0.29) is 17.4 Å². The maximum atomic E-state index is 12.7. The molecule has 1 aromatic carbocycles. The lowest BCUT2D eigenvalue weighted by Gasteiger charge is -2.49. The highest BCUT2D eigenvalue weighted by Gasteiger charge is 2.41. The van der Waals surface area contributed by atoms with E-state index < -0.39 is 0 Å². The molecule has 1 aromatic rings. The Kier molecular flexibility index (Phi) is 4.57. The van der Waals surface area contributed by atoms with Crippen molar-refractivity contribution in [3.05, 3.63) is 29.8 Å². The van der Waals surface area contributed by atoms with Gasteiger partial charge in [0.05, 0.1) is 5.92 Å². The summed E-state index contributed by atoms with van der Waals surface area (Å²) in [4.78, 5) is 16.8. The zero-order chi connectivity index (χ0) is 15.6. The van der Waals surface area contributed by atoms with Gasteiger partial charge in [0, 0.05) is 24.8 Å². The van der Waals surface area contributed by atoms with Gasteiger partial charge in [0.15, 0.2) is 0 Å². The molecule has 2 N–H and O–H groups in total. The zero-order valence-electron chi connectivity index (χ0n) is 13.6. The van der Waals surface area contributed by atoms with Crippen molar-refractivity contribution in [2.45, 2.75) is 37.6 Å². The SMILES string of the molecule is CC(C(=O)N(C)CC1(N(C)C)CCC1)c1cccc(N)c1. The normalized spacial score (nSPS) is 18.1. The van der Waals surface area contributed by atoms with Crippen LogP contribution in [0.5, 0.6) is 0 Å². The number of likely N-dealkylation sites (N-methyl/N-ethyl adjacent to an activating group) is 2. The fraction of sp³-hybridized carbons (Fsp3) is 0.588. The molecule has 1 atom stereocenters. The second kappa shape index (κ2) is 6.06. The van der Waals surface area contributed by atoms with Gasteiger partial charge in [-0.2, -0.15) is 0 Å². The number of carbonyl (C=O) groups is 1. The molecule has 4 nitrogen and oxygen atoms in total. The molecule has 0 heterocycles. The van der Waals surface area contributed by atoms with Crippen LogP contribution < -0.4 is 5.73 Å². The van der Waals surface area contributed by atoms with Crippen molar-refractivity contribution in [2.24, 2.45) is 0 Å². The number of amides is 1. The van der Waals surface area contributed by atoms with E-state index >= 15 is 0 Å². The second-order valence-electron chi connectivity index (χ2n) is 6.56. The first-order valence-corrected chi connectivity index (χ1v) is 7.63. The molecule has 0 radical (unpaired) electrons. The quantitative estimate of drug-likeness (QED) is 0.846. The molecule has 1 fully saturated rings. The minimum absolute atomic E-state index is 0.155. The monoisotopic (exact) mass is 289 g/mol. The topological polar surface area (TPSA) is 49.6 Å². The van der Waals surface area contributed by atoms with Crippen LogP contribution in [-0.4, -0.2) is 48.9 Å². The summed E-state index contributed by atoms with van der Waals surface area (Å²) >= 11 is 0. The summed E-state index contributed by atoms with van der Waals surface area (Å²) in [5.41, 5.74) is 7.67. The highest BCUT2D eigenvalue weighted by atomic mass is 16.2. The highest BCUT2D eigenvalue weighted by Crippen LogP contribution is 2.37. The molecule has 1 amide bonds. The smallest absolute Gasteiger partial charge is 0.229 e. The Balaban J connectivity index is 2.05. The molecule has 1 aliphatic carbocycles. The van der Waals surface area contributed by atoms with E-state index in [1.165, 1.54) is 19.3 Å². The first kappa shape index (κ1) is 15.8. The molecule has 0 aromatic heterocycles. The molecule has 0 aliphatic heterocycles. The number of hydrogen-bond donors (Lipinski definition) is 1. The molecule has 0 bridgehead atoms. The Morgan fingerprint density at radius 3 is 2.48 bits per heavy atom. The van der Waals surface area contributed by atoms with Gasteiger partial charge in [0.1, 0.15) is 0 Å². The van der Waals surface area contributed by atoms with Gasteiger partial charge < -0.3 is 15.5 Å². The Morgan fingerprint density at radius 2 is 2.00 bits per heavy atom. The van der Waals surface area contributed by atoms with Gasteiger partial charge >= 0.3 is 0 Å². The molecule has 0 saturated heterocycles. The summed E-state index contributed by atoms with van der Waals surface area (Å²) in [6.07, 6.45) is 3.60. The van der Waals surface area contributed by atoms with E-state index in [9.17, 15) is 4.79 Å². The number of hydrogen-bond acceptors (Lipinski definition) is 3. The highest BCUT2D eigenvalue weighted by molar-refractivity contribution is 5.83. The fourth-order valence-electron chi connectivity index (χ4n) is 3.15. The Bertz CT molecular complexity index is 509. The lowest BCUT2D eigenvalue weighted by Crippen LogP contribution is -2.57. The van der Waals surface area contributed by atoms with Crippen molar-refractivity contribution < 1.29 is 4.79 Å². The summed E-state index contributed by atoms with van der Waals surface area (Å²) in [6.45, 7) is 2.75. The van der Waals surface area contributed by atoms with Gasteiger partial charge in [-0.25, -0.2) is 0 Å². The van der Waals surface area contributed by atoms with Crippen molar-refractivity contribution in [1.82, 2.24) is 9.80 Å². The van der Waals surface area contributed by atoms with Gasteiger partial charge in [-0.1, -0.05) is 12.1 Å². The van der Waals surface area contributed by atoms with Crippen LogP contribution in [0, 0.1) is 0 Å². The largest absolute Gasteiger partial charge is 0.399 e. The van der Waals surface area contributed by atoms with Crippen molar-refractivity contribution in [2.75, 3.05) is 33.4 Å². The minimum atomic E-state index is -0.155. The third-order valence-electron chi connectivity index (χ3n) is 4.92. The summed E-state index contributed by atoms with van der Waals surface area (Å²) in [6, 6.07) is 7.61. The second-order valence-corrected chi connectivity index (χ2v) is 6.56. The third kappa shape index (κ3) is 3.21. The van der Waals surface area contributed by atoms with E-state index in [0.29, 0.717) is 5.69 Å². The van der Waals surface area contributed by atoms with Gasteiger partial charge in [0.25, 0.3) is 0 Å². The van der Waals surface area contributed by atoms with Crippen molar-refractivity contribution in [3.63, 3.8) is 0 Å². The molecule has 1 unspecified atom stereocenters. The first-order chi connectivity index (χ1) is 9.85. The standard InChI is InChI=1S/C17H27N3O/c1-13(14-7-5-8-15(18)11-14)16(21)20(4)12-17(19(2)3)9-6-10-17/h5,7-8,11,13H,6,9-10,12,18H2,1-4H3. The average Bonchev–Trinajstić information content (AvgIpc) is 2.40. The van der Waals surface area contributed by atoms with E-state index in [4.69, 9.17) is 5.73 Å². The van der Waals surface area contributed by atoms with Gasteiger partial charge in [-0.3, -0.25) is 4.79 Å². The van der Waals surface area contributed by atoms with Gasteiger partial charge in [-0.05, 0) is 58.0 Å². The van der Waals surface area contributed by atoms with Crippen LogP contribution in [0.2, 0.25) is 0 Å². The number of anilines is 1. The predicted molar refractivity (Wildman–Crippen MR) is 87.2 cm³/mol. The lowest BCUT2D eigenvalue weighted by atomic mass is 9.75. The van der Waals surface area contributed by atoms with Gasteiger partial charge in [0.2, 0.25) is 5.91 Å². The lowest BCUT2D eigenvalue weighted by molar-refractivity contribution is -0.133. The maximum Gasteiger partial charge on any atom is 0.229 e. The molecular weight excluding hydrogens is 262 g/mol. The molecule has 21 heavy (non-hydrogen) atoms. The van der Waals surface area contributed by atoms with Crippen LogP contribution in [0.1, 0.15) is 37.7 Å². The summed E-state index contributed by atoms with van der Waals surface area (Å²) in [5.74, 6) is 0.00603. The molecule has 2 rings (SSSR count). The van der Waals surface area contributed by atoms with E-state index in [1.807, 2.05) is 43.1 Å². The summed E-state index contributed by atoms with van der Waals surface area (Å²) < 4.78 is 0. The Hall–Kier alpha value is -1.55. The van der Waals surface area contributed by atoms with Crippen LogP contribution >= 0.6 is 0 Å². The predicted octanol–water partition coefficient (Wildman–Crippen LogP) is 2.31. The third-order valence-corrected chi connectivity index (χ3v) is 4.92. The number of benzene rings is 1. The zero-order valence-corrected chi connectivity index (χ0v) is 13.6. The van der Waals surface area contributed by atoms with Crippen LogP contribution in [0.15, 0.2) is 24.3 Å². The van der Waals surface area contributed by atoms with Crippen LogP contribution in [0.25, 0.3) is 0 Å². The molecular formula is C17H27N3O. The number of rotatable bonds is 5. The molecule has 1 saturated carbocycles. The molecule has 116 valence electrons. The van der Waals surface area contributed by atoms with E-state index in [2.05, 4.69) is 19.0 Å². The Morgan fingerprint density at radius 1 is 1.33 bits per heavy atom. The van der Waals surface area contributed by atoms with Crippen molar-refractivity contribution in [1.29, 1.82) is 0 Å². The fourth-order valence-corrected chi connectivity index (χ4v) is 3.15. The van der Waals surface area contributed by atoms with Crippen LogP contribution in [-0.2, 0) is 4.79 Å². The number of carbonyl (C=O) groups excluding carboxylic acids is 1. The maximum absolute atomic E-state index is 12.7. The number of nitrogens with zero attached hydrogens (tertiary/aromatic N) is 2. The van der Waals surface area contributed by atoms with E-state index in [1.54, 1.807) is 0 Å². The van der Waals surface area contributed by atoms with Crippen LogP contribution in [0.4, 0.5) is 5.69 Å². The van der Waals surface area contributed by atoms with Crippen molar-refractivity contribution in [3.8, 4) is 0 Å². The number of nitrogens with two attached hydrogens (primary N) is 1. The minimum Gasteiger partial charge on any atom is -0.399 e. The van der Waals surface area contributed by atoms with Gasteiger partial charge in [-0.15, -0.1) is 0 Å². The molecule has 1 aliphatic rings. The van der Waals surface area contributed by atoms with Crippen LogP contribution in [0.3, 0.4) is 0 Å². The average molecular weight is 289 g/mol. The summed E-state index contributed by atoms with van der Waals surface area (Å²) in [5, 5.41) is 0. The molecule has 4 heteroatoms. The van der Waals surface area contributed by atoms with Crippen molar-refractivity contribution >= 4 is 11.6 Å². The number of nitrogen functional groups attached to an aromatic ring is 1. The summed E-state index contributed by atoms with van der Waals surface area (Å²) in [7, 11) is 6.13. The van der Waals surface area contributed by atoms with E-state index in [0.717, 1.165) is 12.1 Å². The Labute approximate surface area is 127 Å². The first-order valence-electron chi connectivity index (χ1n) is 7.63. The molecule has 0 spiro atoms.